The van der Waals surface area contributed by atoms with E-state index in [1.165, 1.54) is 245 Å². The molecular weight excluding hydrogens is 1680 g/mol. The largest absolute Gasteiger partial charge is 0.310 e. The topological polar surface area (TPSA) is 16.2 Å². The van der Waals surface area contributed by atoms with Gasteiger partial charge in [0.05, 0.1) is 84.8 Å². The fourth-order valence-electron chi connectivity index (χ4n) is 23.0. The molecular formula is C127H112BrN5. The van der Waals surface area contributed by atoms with Crippen LogP contribution in [-0.2, 0) is 17.3 Å². The van der Waals surface area contributed by atoms with Crippen LogP contribution in [0.2, 0.25) is 0 Å². The number of benzene rings is 18. The van der Waals surface area contributed by atoms with Gasteiger partial charge in [0.25, 0.3) is 0 Å². The normalized spacial score (nSPS) is 13.1. The highest BCUT2D eigenvalue weighted by atomic mass is 79.9. The molecule has 0 aliphatic carbocycles. The summed E-state index contributed by atoms with van der Waals surface area (Å²) in [7, 11) is 0. The number of nitrogens with zero attached hydrogens (tertiary/aromatic N) is 5. The molecule has 0 aromatic heterocycles. The molecule has 652 valence electrons. The maximum absolute atomic E-state index is 3.93. The lowest BCUT2D eigenvalue weighted by molar-refractivity contribution is 0.718. The van der Waals surface area contributed by atoms with Crippen LogP contribution in [0.1, 0.15) is 145 Å². The van der Waals surface area contributed by atoms with Crippen LogP contribution in [-0.4, -0.2) is 0 Å². The first-order valence-corrected chi connectivity index (χ1v) is 47.6. The van der Waals surface area contributed by atoms with Crippen molar-refractivity contribution in [2.75, 3.05) is 24.5 Å². The van der Waals surface area contributed by atoms with Crippen LogP contribution >= 0.6 is 15.9 Å². The van der Waals surface area contributed by atoms with Crippen molar-refractivity contribution < 1.29 is 0 Å². The molecule has 0 saturated carbocycles. The third-order valence-corrected chi connectivity index (χ3v) is 31.2. The monoisotopic (exact) mass is 1790 g/mol. The first-order chi connectivity index (χ1) is 64.7. The lowest BCUT2D eigenvalue weighted by Crippen LogP contribution is -2.42. The molecule has 6 heteroatoms. The SMILES string of the molecule is Cc1c(C)c(N2c3ccccc3C3(c4ccccc42)c2ccccc2N(c2c(C)c(C)c(-c4ccccc4)c(C)c2C)c2ccccc23)c(C)c(C)c1Br.Cc1c(C)c(N2c3ccccc3C3(c4ccccc42)c2ccccc2N(c2c(C)c(C)c(N(c4ccccc4)c4ccccc4)c(C)c2C)c2ccccc23)c(C)c(C)c1-c1ccccc1.c1ccc(Cc2ccccc2)cc1. The van der Waals surface area contributed by atoms with Crippen molar-refractivity contribution in [1.82, 2.24) is 0 Å². The molecule has 0 radical (unpaired) electrons. The van der Waals surface area contributed by atoms with Gasteiger partial charge in [0.1, 0.15) is 0 Å². The van der Waals surface area contributed by atoms with Crippen molar-refractivity contribution >= 4 is 101 Å². The zero-order chi connectivity index (χ0) is 92.0. The molecule has 18 aromatic rings. The fraction of sp³-hybridized carbons (Fsp3) is 0.150. The van der Waals surface area contributed by atoms with Crippen molar-refractivity contribution in [2.45, 2.75) is 128 Å². The Bertz CT molecular complexity index is 7180. The van der Waals surface area contributed by atoms with Gasteiger partial charge in [-0.2, -0.15) is 0 Å². The second-order valence-corrected chi connectivity index (χ2v) is 37.5. The third-order valence-electron chi connectivity index (χ3n) is 30.0. The average Bonchev–Trinajstić information content (AvgIpc) is 0.673. The minimum atomic E-state index is -0.619. The maximum atomic E-state index is 3.93. The zero-order valence-corrected chi connectivity index (χ0v) is 80.7. The number of anilines is 15. The Morgan fingerprint density at radius 1 is 0.195 bits per heavy atom. The van der Waals surface area contributed by atoms with Crippen LogP contribution in [0.4, 0.5) is 85.3 Å². The van der Waals surface area contributed by atoms with E-state index in [0.717, 1.165) is 17.8 Å². The Balaban J connectivity index is 0.000000147. The van der Waals surface area contributed by atoms with Gasteiger partial charge in [-0.25, -0.2) is 0 Å². The van der Waals surface area contributed by atoms with E-state index in [2.05, 4.69) is 527 Å². The molecule has 0 unspecified atom stereocenters. The Morgan fingerprint density at radius 2 is 0.376 bits per heavy atom. The molecule has 4 heterocycles. The van der Waals surface area contributed by atoms with Crippen LogP contribution in [0.5, 0.6) is 0 Å². The van der Waals surface area contributed by atoms with Gasteiger partial charge < -0.3 is 24.5 Å². The molecule has 0 bridgehead atoms. The van der Waals surface area contributed by atoms with E-state index >= 15 is 0 Å². The summed E-state index contributed by atoms with van der Waals surface area (Å²) in [6, 6.07) is 138. The van der Waals surface area contributed by atoms with E-state index in [1.54, 1.807) is 0 Å². The molecule has 5 nitrogen and oxygen atoms in total. The minimum absolute atomic E-state index is 0.565. The highest BCUT2D eigenvalue weighted by molar-refractivity contribution is 9.10. The van der Waals surface area contributed by atoms with E-state index in [1.807, 2.05) is 0 Å². The van der Waals surface area contributed by atoms with Crippen LogP contribution in [0.25, 0.3) is 22.3 Å². The third kappa shape index (κ3) is 13.7. The van der Waals surface area contributed by atoms with Gasteiger partial charge in [-0.1, -0.05) is 319 Å². The van der Waals surface area contributed by atoms with Gasteiger partial charge >= 0.3 is 0 Å². The molecule has 0 N–H and O–H groups in total. The van der Waals surface area contributed by atoms with Gasteiger partial charge in [-0.3, -0.25) is 0 Å². The summed E-state index contributed by atoms with van der Waals surface area (Å²) < 4.78 is 1.19. The Hall–Kier alpha value is -14.6. The Kier molecular flexibility index (Phi) is 22.7. The molecule has 18 aromatic carbocycles. The summed E-state index contributed by atoms with van der Waals surface area (Å²) in [5.74, 6) is 0. The molecule has 2 spiro atoms. The molecule has 4 aliphatic rings. The summed E-state index contributed by atoms with van der Waals surface area (Å²) in [4.78, 5) is 12.7. The van der Waals surface area contributed by atoms with E-state index in [9.17, 15) is 0 Å². The number of rotatable bonds is 11. The number of para-hydroxylation sites is 10. The number of hydrogen-bond acceptors (Lipinski definition) is 5. The summed E-state index contributed by atoms with van der Waals surface area (Å²) >= 11 is 3.93. The predicted octanol–water partition coefficient (Wildman–Crippen LogP) is 35.0. The highest BCUT2D eigenvalue weighted by Gasteiger charge is 2.55. The lowest BCUT2D eigenvalue weighted by atomic mass is 9.60. The van der Waals surface area contributed by atoms with Crippen molar-refractivity contribution in [1.29, 1.82) is 0 Å². The van der Waals surface area contributed by atoms with E-state index in [4.69, 9.17) is 0 Å². The first-order valence-electron chi connectivity index (χ1n) is 46.8. The number of hydrogen-bond donors (Lipinski definition) is 0. The van der Waals surface area contributed by atoms with Crippen molar-refractivity contribution in [3.8, 4) is 22.3 Å². The standard InChI is InChI=1S/C63H55N3.C51H45BrN2.C13H12/c1-40-42(3)61(43(4)41(2)59(40)48-26-12-9-13-27-48)65-55-36-22-18-32-51(55)63(52-33-19-23-37-56(52)65)53-34-20-24-38-57(53)66(58-39-25-21-35-54(58)63)62-46(7)44(5)60(45(6)47(62)8)64(49-28-14-10-15-29-49)50-30-16-11-17-31-50;1-30-34(5)49(35(6)31(2)47(30)38-20-10-9-11-21-38)53-43-26-16-12-22-39(43)51(40-23-13-17-27-44(40)53)41-24-14-18-28-45(41)54(46-29-19-15-25-42(46)51)50-36(7)32(3)48(52)33(4)37(50)8;1-3-7-12(8-4-1)11-13-9-5-2-6-10-13/h9-39H,1-8H3;9-29H,1-8H3;1-10H,11H2. The Morgan fingerprint density at radius 3 is 0.602 bits per heavy atom. The average molecular weight is 1790 g/mol. The molecule has 4 aliphatic heterocycles. The number of fused-ring (bicyclic) bond motifs is 16. The molecule has 22 rings (SSSR count). The lowest BCUT2D eigenvalue weighted by Gasteiger charge is -2.52. The fourth-order valence-corrected chi connectivity index (χ4v) is 23.6. The molecule has 0 atom stereocenters. The second-order valence-electron chi connectivity index (χ2n) is 36.7. The minimum Gasteiger partial charge on any atom is -0.310 e. The first kappa shape index (κ1) is 86.5. The summed E-state index contributed by atoms with van der Waals surface area (Å²) in [6.07, 6.45) is 1.03. The molecule has 0 amide bonds. The van der Waals surface area contributed by atoms with Crippen molar-refractivity contribution in [3.63, 3.8) is 0 Å². The second kappa shape index (κ2) is 35.0. The molecule has 133 heavy (non-hydrogen) atoms. The van der Waals surface area contributed by atoms with Gasteiger partial charge in [0.2, 0.25) is 0 Å². The van der Waals surface area contributed by atoms with Crippen LogP contribution in [0, 0.1) is 111 Å². The number of halogens is 1. The Labute approximate surface area is 795 Å². The van der Waals surface area contributed by atoms with Gasteiger partial charge in [-0.05, 0) is 357 Å². The van der Waals surface area contributed by atoms with Crippen LogP contribution in [0.3, 0.4) is 0 Å². The van der Waals surface area contributed by atoms with Crippen LogP contribution in [0.15, 0.2) is 381 Å². The van der Waals surface area contributed by atoms with E-state index in [0.29, 0.717) is 0 Å². The summed E-state index contributed by atoms with van der Waals surface area (Å²) in [5, 5.41) is 0. The predicted molar refractivity (Wildman–Crippen MR) is 567 cm³/mol. The van der Waals surface area contributed by atoms with E-state index < -0.39 is 10.8 Å². The van der Waals surface area contributed by atoms with Crippen molar-refractivity contribution in [3.05, 3.63) is 525 Å². The smallest absolute Gasteiger partial charge is 0.0782 e. The van der Waals surface area contributed by atoms with Gasteiger partial charge in [0, 0.05) is 15.8 Å². The summed E-state index contributed by atoms with van der Waals surface area (Å²) in [6.45, 7) is 36.8. The highest BCUT2D eigenvalue weighted by Crippen LogP contribution is 2.68. The quantitative estimate of drug-likeness (QED) is 0.128. The maximum Gasteiger partial charge on any atom is 0.0782 e. The van der Waals surface area contributed by atoms with Gasteiger partial charge in [0.15, 0.2) is 0 Å². The summed E-state index contributed by atoms with van der Waals surface area (Å²) in [5.41, 5.74) is 55.9. The van der Waals surface area contributed by atoms with Crippen molar-refractivity contribution in [2.24, 2.45) is 0 Å². The van der Waals surface area contributed by atoms with E-state index in [-0.39, 0.29) is 0 Å². The zero-order valence-electron chi connectivity index (χ0n) is 79.1. The molecule has 0 saturated heterocycles. The van der Waals surface area contributed by atoms with Gasteiger partial charge in [-0.15, -0.1) is 0 Å². The van der Waals surface area contributed by atoms with Crippen LogP contribution < -0.4 is 24.5 Å². The molecule has 0 fully saturated rings.